The molecule has 118 valence electrons. The Morgan fingerprint density at radius 1 is 1.30 bits per heavy atom. The van der Waals surface area contributed by atoms with E-state index in [9.17, 15) is 0 Å². The van der Waals surface area contributed by atoms with Crippen LogP contribution < -0.4 is 5.32 Å². The zero-order valence-electron chi connectivity index (χ0n) is 13.7. The number of nitrogens with one attached hydrogen (secondary N) is 1. The van der Waals surface area contributed by atoms with Crippen molar-refractivity contribution in [3.63, 3.8) is 0 Å². The number of hydrogen-bond acceptors (Lipinski definition) is 3. The van der Waals surface area contributed by atoms with Gasteiger partial charge < -0.3 is 10.1 Å². The first-order valence-corrected chi connectivity index (χ1v) is 8.81. The van der Waals surface area contributed by atoms with E-state index in [1.54, 1.807) is 0 Å². The van der Waals surface area contributed by atoms with Gasteiger partial charge in [-0.3, -0.25) is 4.90 Å². The highest BCUT2D eigenvalue weighted by molar-refractivity contribution is 4.90. The first-order valence-electron chi connectivity index (χ1n) is 8.81. The van der Waals surface area contributed by atoms with E-state index in [-0.39, 0.29) is 0 Å². The van der Waals surface area contributed by atoms with Crippen molar-refractivity contribution < 1.29 is 4.74 Å². The van der Waals surface area contributed by atoms with Gasteiger partial charge in [0.15, 0.2) is 0 Å². The Bertz CT molecular complexity index is 272. The van der Waals surface area contributed by atoms with Crippen LogP contribution in [0.4, 0.5) is 0 Å². The van der Waals surface area contributed by atoms with Crippen LogP contribution in [0.1, 0.15) is 52.9 Å². The van der Waals surface area contributed by atoms with Gasteiger partial charge in [0.25, 0.3) is 0 Å². The van der Waals surface area contributed by atoms with Gasteiger partial charge in [-0.2, -0.15) is 0 Å². The SMILES string of the molecule is CCCNC(C1CCCC(C)C1)C1CN(CC)CCO1. The van der Waals surface area contributed by atoms with Crippen LogP contribution in [0.2, 0.25) is 0 Å². The molecule has 4 unspecified atom stereocenters. The zero-order valence-corrected chi connectivity index (χ0v) is 13.7. The van der Waals surface area contributed by atoms with Crippen LogP contribution in [0.3, 0.4) is 0 Å². The van der Waals surface area contributed by atoms with Gasteiger partial charge in [0.2, 0.25) is 0 Å². The van der Waals surface area contributed by atoms with Crippen molar-refractivity contribution in [2.75, 3.05) is 32.8 Å². The predicted molar refractivity (Wildman–Crippen MR) is 85.1 cm³/mol. The topological polar surface area (TPSA) is 24.5 Å². The average Bonchev–Trinajstić information content (AvgIpc) is 2.48. The third-order valence-electron chi connectivity index (χ3n) is 5.14. The monoisotopic (exact) mass is 282 g/mol. The van der Waals surface area contributed by atoms with E-state index in [1.165, 1.54) is 32.1 Å². The highest BCUT2D eigenvalue weighted by atomic mass is 16.5. The number of ether oxygens (including phenoxy) is 1. The van der Waals surface area contributed by atoms with Gasteiger partial charge in [-0.25, -0.2) is 0 Å². The second kappa shape index (κ2) is 8.35. The molecule has 1 aliphatic carbocycles. The number of likely N-dealkylation sites (N-methyl/N-ethyl adjacent to an activating group) is 1. The first kappa shape index (κ1) is 16.3. The zero-order chi connectivity index (χ0) is 14.4. The Morgan fingerprint density at radius 3 is 2.85 bits per heavy atom. The van der Waals surface area contributed by atoms with Gasteiger partial charge >= 0.3 is 0 Å². The van der Waals surface area contributed by atoms with Crippen molar-refractivity contribution in [3.8, 4) is 0 Å². The van der Waals surface area contributed by atoms with Crippen molar-refractivity contribution in [3.05, 3.63) is 0 Å². The largest absolute Gasteiger partial charge is 0.374 e. The normalized spacial score (nSPS) is 34.0. The lowest BCUT2D eigenvalue weighted by Gasteiger charge is -2.42. The summed E-state index contributed by atoms with van der Waals surface area (Å²) in [6, 6.07) is 0.562. The highest BCUT2D eigenvalue weighted by Gasteiger charge is 2.34. The molecule has 4 atom stereocenters. The maximum absolute atomic E-state index is 6.15. The molecule has 0 spiro atoms. The van der Waals surface area contributed by atoms with Gasteiger partial charge in [0.1, 0.15) is 0 Å². The lowest BCUT2D eigenvalue weighted by Crippen LogP contribution is -2.55. The van der Waals surface area contributed by atoms with Gasteiger partial charge in [0, 0.05) is 19.1 Å². The molecule has 1 N–H and O–H groups in total. The second-order valence-corrected chi connectivity index (χ2v) is 6.81. The maximum Gasteiger partial charge on any atom is 0.0857 e. The molecule has 2 fully saturated rings. The number of hydrogen-bond donors (Lipinski definition) is 1. The van der Waals surface area contributed by atoms with E-state index in [2.05, 4.69) is 31.0 Å². The van der Waals surface area contributed by atoms with Crippen molar-refractivity contribution in [2.24, 2.45) is 11.8 Å². The molecule has 0 bridgehead atoms. The Morgan fingerprint density at radius 2 is 2.15 bits per heavy atom. The molecule has 1 saturated heterocycles. The molecule has 0 radical (unpaired) electrons. The molecule has 0 amide bonds. The summed E-state index contributed by atoms with van der Waals surface area (Å²) in [5.41, 5.74) is 0. The third-order valence-corrected chi connectivity index (χ3v) is 5.14. The summed E-state index contributed by atoms with van der Waals surface area (Å²) < 4.78 is 6.15. The molecule has 1 heterocycles. The van der Waals surface area contributed by atoms with E-state index in [4.69, 9.17) is 4.74 Å². The van der Waals surface area contributed by atoms with Crippen LogP contribution in [-0.2, 0) is 4.74 Å². The number of rotatable bonds is 6. The van der Waals surface area contributed by atoms with E-state index >= 15 is 0 Å². The van der Waals surface area contributed by atoms with Crippen LogP contribution in [0, 0.1) is 11.8 Å². The predicted octanol–water partition coefficient (Wildman–Crippen LogP) is 2.90. The van der Waals surface area contributed by atoms with Gasteiger partial charge in [-0.15, -0.1) is 0 Å². The molecule has 2 aliphatic rings. The summed E-state index contributed by atoms with van der Waals surface area (Å²) in [5, 5.41) is 3.82. The lowest BCUT2D eigenvalue weighted by molar-refractivity contribution is -0.0594. The third kappa shape index (κ3) is 4.44. The molecule has 20 heavy (non-hydrogen) atoms. The van der Waals surface area contributed by atoms with Crippen molar-refractivity contribution in [2.45, 2.75) is 65.0 Å². The van der Waals surface area contributed by atoms with Crippen LogP contribution in [-0.4, -0.2) is 49.8 Å². The van der Waals surface area contributed by atoms with Gasteiger partial charge in [-0.1, -0.05) is 33.6 Å². The summed E-state index contributed by atoms with van der Waals surface area (Å²) >= 11 is 0. The fraction of sp³-hybridized carbons (Fsp3) is 1.00. The first-order chi connectivity index (χ1) is 9.74. The summed E-state index contributed by atoms with van der Waals surface area (Å²) in [5.74, 6) is 1.71. The van der Waals surface area contributed by atoms with Gasteiger partial charge in [0.05, 0.1) is 12.7 Å². The smallest absolute Gasteiger partial charge is 0.0857 e. The molecule has 1 saturated carbocycles. The minimum atomic E-state index is 0.394. The molecule has 0 aromatic carbocycles. The Hall–Kier alpha value is -0.120. The van der Waals surface area contributed by atoms with Crippen LogP contribution in [0.25, 0.3) is 0 Å². The number of morpholine rings is 1. The van der Waals surface area contributed by atoms with Crippen molar-refractivity contribution in [1.29, 1.82) is 0 Å². The second-order valence-electron chi connectivity index (χ2n) is 6.81. The lowest BCUT2D eigenvalue weighted by atomic mass is 9.77. The Balaban J connectivity index is 1.97. The molecular formula is C17H34N2O. The van der Waals surface area contributed by atoms with E-state index in [1.807, 2.05) is 0 Å². The molecule has 0 aromatic rings. The van der Waals surface area contributed by atoms with Crippen molar-refractivity contribution >= 4 is 0 Å². The van der Waals surface area contributed by atoms with E-state index in [0.29, 0.717) is 12.1 Å². The summed E-state index contributed by atoms with van der Waals surface area (Å²) in [6.45, 7) is 12.3. The molecule has 0 aromatic heterocycles. The van der Waals surface area contributed by atoms with E-state index < -0.39 is 0 Å². The highest BCUT2D eigenvalue weighted by Crippen LogP contribution is 2.33. The van der Waals surface area contributed by atoms with Crippen LogP contribution >= 0.6 is 0 Å². The van der Waals surface area contributed by atoms with Crippen molar-refractivity contribution in [1.82, 2.24) is 10.2 Å². The Labute approximate surface area is 125 Å². The standard InChI is InChI=1S/C17H34N2O/c1-4-9-18-17(15-8-6-7-14(3)12-15)16-13-19(5-2)10-11-20-16/h14-18H,4-13H2,1-3H3. The summed E-state index contributed by atoms with van der Waals surface area (Å²) in [4.78, 5) is 2.54. The molecule has 3 nitrogen and oxygen atoms in total. The van der Waals surface area contributed by atoms with Gasteiger partial charge in [-0.05, 0) is 44.2 Å². The van der Waals surface area contributed by atoms with Crippen LogP contribution in [0.5, 0.6) is 0 Å². The summed E-state index contributed by atoms with van der Waals surface area (Å²) in [6.07, 6.45) is 7.20. The molecule has 1 aliphatic heterocycles. The average molecular weight is 282 g/mol. The molecule has 2 rings (SSSR count). The fourth-order valence-corrected chi connectivity index (χ4v) is 3.96. The number of nitrogens with zero attached hydrogens (tertiary/aromatic N) is 1. The maximum atomic E-state index is 6.15. The quantitative estimate of drug-likeness (QED) is 0.811. The van der Waals surface area contributed by atoms with Crippen LogP contribution in [0.15, 0.2) is 0 Å². The summed E-state index contributed by atoms with van der Waals surface area (Å²) in [7, 11) is 0. The minimum Gasteiger partial charge on any atom is -0.374 e. The van der Waals surface area contributed by atoms with E-state index in [0.717, 1.165) is 44.6 Å². The minimum absolute atomic E-state index is 0.394. The molecular weight excluding hydrogens is 248 g/mol. The molecule has 3 heteroatoms. The fourth-order valence-electron chi connectivity index (χ4n) is 3.96. The Kier molecular flexibility index (Phi) is 6.79.